The Labute approximate surface area is 146 Å². The molecule has 0 unspecified atom stereocenters. The molecule has 0 radical (unpaired) electrons. The molecule has 1 N–H and O–H groups in total. The first-order valence-electron chi connectivity index (χ1n) is 6.23. The molecule has 2 aromatic heterocycles. The maximum atomic E-state index is 12.1. The van der Waals surface area contributed by atoms with E-state index in [0.29, 0.717) is 19.7 Å². The van der Waals surface area contributed by atoms with Crippen LogP contribution in [0.4, 0.5) is 0 Å². The summed E-state index contributed by atoms with van der Waals surface area (Å²) in [5, 5.41) is 11.0. The molecule has 2 heterocycles. The molecular weight excluding hydrogens is 434 g/mol. The van der Waals surface area contributed by atoms with E-state index in [4.69, 9.17) is 4.42 Å². The molecular formula is C15H9Br2NO3S. The first-order valence-corrected chi connectivity index (χ1v) is 8.63. The Morgan fingerprint density at radius 3 is 2.59 bits per heavy atom. The van der Waals surface area contributed by atoms with Gasteiger partial charge in [-0.05, 0) is 38.8 Å². The number of aromatic nitrogens is 1. The molecule has 0 aliphatic carbocycles. The number of benzene rings is 1. The van der Waals surface area contributed by atoms with Gasteiger partial charge in [-0.25, -0.2) is 9.78 Å². The minimum atomic E-state index is -0.621. The second kappa shape index (κ2) is 5.98. The summed E-state index contributed by atoms with van der Waals surface area (Å²) in [7, 11) is 0. The SMILES string of the molecule is Cc1oc(=O)c(-c2nc(-c3ccccc3)sc2Br)c(O)c1Br. The van der Waals surface area contributed by atoms with Gasteiger partial charge in [0.1, 0.15) is 27.8 Å². The zero-order valence-corrected chi connectivity index (χ0v) is 15.3. The van der Waals surface area contributed by atoms with Gasteiger partial charge in [-0.3, -0.25) is 0 Å². The molecule has 0 fully saturated rings. The molecule has 0 saturated heterocycles. The maximum Gasteiger partial charge on any atom is 0.349 e. The fourth-order valence-electron chi connectivity index (χ4n) is 1.98. The van der Waals surface area contributed by atoms with Gasteiger partial charge < -0.3 is 9.52 Å². The average Bonchev–Trinajstić information content (AvgIpc) is 2.88. The third-order valence-corrected chi connectivity index (χ3v) is 5.74. The Balaban J connectivity index is 2.21. The number of hydrogen-bond donors (Lipinski definition) is 1. The van der Waals surface area contributed by atoms with Crippen LogP contribution >= 0.6 is 43.2 Å². The fraction of sp³-hybridized carbons (Fsp3) is 0.0667. The summed E-state index contributed by atoms with van der Waals surface area (Å²) in [5.74, 6) is 0.153. The standard InChI is InChI=1S/C15H9Br2NO3S/c1-7-10(16)12(19)9(15(20)21-7)11-13(17)22-14(18-11)8-5-3-2-4-6-8/h2-6,19H,1H3. The second-order valence-corrected chi connectivity index (χ2v) is 7.60. The highest BCUT2D eigenvalue weighted by Gasteiger charge is 2.23. The van der Waals surface area contributed by atoms with Gasteiger partial charge in [0.25, 0.3) is 0 Å². The average molecular weight is 443 g/mol. The number of aromatic hydroxyl groups is 1. The molecule has 3 rings (SSSR count). The number of rotatable bonds is 2. The van der Waals surface area contributed by atoms with Crippen molar-refractivity contribution < 1.29 is 9.52 Å². The highest BCUT2D eigenvalue weighted by atomic mass is 79.9. The Morgan fingerprint density at radius 2 is 1.91 bits per heavy atom. The normalized spacial score (nSPS) is 10.9. The van der Waals surface area contributed by atoms with Crippen LogP contribution in [0.3, 0.4) is 0 Å². The van der Waals surface area contributed by atoms with Crippen LogP contribution in [0.25, 0.3) is 21.8 Å². The lowest BCUT2D eigenvalue weighted by atomic mass is 10.2. The van der Waals surface area contributed by atoms with Crippen molar-refractivity contribution in [1.29, 1.82) is 0 Å². The molecule has 7 heteroatoms. The van der Waals surface area contributed by atoms with Gasteiger partial charge in [0.15, 0.2) is 0 Å². The predicted octanol–water partition coefficient (Wildman–Crippen LogP) is 4.97. The topological polar surface area (TPSA) is 63.3 Å². The highest BCUT2D eigenvalue weighted by Crippen LogP contribution is 2.41. The minimum Gasteiger partial charge on any atom is -0.506 e. The van der Waals surface area contributed by atoms with Gasteiger partial charge in [0.2, 0.25) is 0 Å². The van der Waals surface area contributed by atoms with Crippen molar-refractivity contribution in [2.24, 2.45) is 0 Å². The van der Waals surface area contributed by atoms with E-state index in [0.717, 1.165) is 10.6 Å². The van der Waals surface area contributed by atoms with Crippen molar-refractivity contribution in [3.8, 4) is 27.6 Å². The summed E-state index contributed by atoms with van der Waals surface area (Å²) in [5.41, 5.74) is 0.733. The lowest BCUT2D eigenvalue weighted by Crippen LogP contribution is -2.05. The van der Waals surface area contributed by atoms with Gasteiger partial charge in [-0.2, -0.15) is 0 Å². The summed E-state index contributed by atoms with van der Waals surface area (Å²) in [6, 6.07) is 9.62. The van der Waals surface area contributed by atoms with Crippen molar-refractivity contribution in [3.05, 3.63) is 54.8 Å². The van der Waals surface area contributed by atoms with Crippen molar-refractivity contribution >= 4 is 43.2 Å². The van der Waals surface area contributed by atoms with Crippen LogP contribution in [0.1, 0.15) is 5.76 Å². The number of aryl methyl sites for hydroxylation is 1. The van der Waals surface area contributed by atoms with Crippen LogP contribution in [0, 0.1) is 6.92 Å². The molecule has 1 aromatic carbocycles. The van der Waals surface area contributed by atoms with E-state index in [1.807, 2.05) is 30.3 Å². The predicted molar refractivity (Wildman–Crippen MR) is 93.3 cm³/mol. The van der Waals surface area contributed by atoms with Crippen LogP contribution in [0.15, 0.2) is 47.8 Å². The molecule has 4 nitrogen and oxygen atoms in total. The lowest BCUT2D eigenvalue weighted by molar-refractivity contribution is 0.432. The monoisotopic (exact) mass is 441 g/mol. The van der Waals surface area contributed by atoms with Crippen LogP contribution < -0.4 is 5.63 Å². The van der Waals surface area contributed by atoms with Gasteiger partial charge in [-0.1, -0.05) is 30.3 Å². The van der Waals surface area contributed by atoms with Gasteiger partial charge in [0.05, 0.1) is 8.26 Å². The number of halogens is 2. The third kappa shape index (κ3) is 2.64. The van der Waals surface area contributed by atoms with Gasteiger partial charge in [-0.15, -0.1) is 11.3 Å². The number of hydrogen-bond acceptors (Lipinski definition) is 5. The summed E-state index contributed by atoms with van der Waals surface area (Å²) in [6.07, 6.45) is 0. The molecule has 0 aliphatic heterocycles. The molecule has 0 bridgehead atoms. The van der Waals surface area contributed by atoms with E-state index < -0.39 is 5.63 Å². The third-order valence-electron chi connectivity index (χ3n) is 3.05. The molecule has 0 aliphatic rings. The fourth-order valence-corrected chi connectivity index (χ4v) is 3.81. The summed E-state index contributed by atoms with van der Waals surface area (Å²) in [4.78, 5) is 16.6. The van der Waals surface area contributed by atoms with E-state index in [2.05, 4.69) is 36.8 Å². The van der Waals surface area contributed by atoms with Crippen molar-refractivity contribution in [2.75, 3.05) is 0 Å². The molecule has 3 aromatic rings. The Morgan fingerprint density at radius 1 is 1.23 bits per heavy atom. The summed E-state index contributed by atoms with van der Waals surface area (Å²) in [6.45, 7) is 1.60. The quantitative estimate of drug-likeness (QED) is 0.608. The van der Waals surface area contributed by atoms with Crippen LogP contribution in [-0.4, -0.2) is 10.1 Å². The minimum absolute atomic E-state index is 0.0442. The zero-order valence-electron chi connectivity index (χ0n) is 11.3. The molecule has 0 atom stereocenters. The molecule has 112 valence electrons. The van der Waals surface area contributed by atoms with Crippen LogP contribution in [0.5, 0.6) is 5.75 Å². The number of thiazole rings is 1. The van der Waals surface area contributed by atoms with E-state index in [-0.39, 0.29) is 11.3 Å². The van der Waals surface area contributed by atoms with Gasteiger partial charge in [0, 0.05) is 5.56 Å². The first-order chi connectivity index (χ1) is 10.5. The summed E-state index contributed by atoms with van der Waals surface area (Å²) >= 11 is 8.02. The smallest absolute Gasteiger partial charge is 0.349 e. The molecule has 22 heavy (non-hydrogen) atoms. The first kappa shape index (κ1) is 15.5. The molecule has 0 spiro atoms. The maximum absolute atomic E-state index is 12.1. The molecule has 0 saturated carbocycles. The Kier molecular flexibility index (Phi) is 4.20. The van der Waals surface area contributed by atoms with E-state index in [1.54, 1.807) is 6.92 Å². The van der Waals surface area contributed by atoms with Crippen LogP contribution in [-0.2, 0) is 0 Å². The second-order valence-electron chi connectivity index (χ2n) is 4.49. The lowest BCUT2D eigenvalue weighted by Gasteiger charge is -2.04. The Bertz CT molecular complexity index is 903. The largest absolute Gasteiger partial charge is 0.506 e. The summed E-state index contributed by atoms with van der Waals surface area (Å²) < 4.78 is 6.13. The van der Waals surface area contributed by atoms with E-state index in [1.165, 1.54) is 11.3 Å². The van der Waals surface area contributed by atoms with Crippen molar-refractivity contribution in [3.63, 3.8) is 0 Å². The van der Waals surface area contributed by atoms with Crippen LogP contribution in [0.2, 0.25) is 0 Å². The number of nitrogens with zero attached hydrogens (tertiary/aromatic N) is 1. The highest BCUT2D eigenvalue weighted by molar-refractivity contribution is 9.11. The van der Waals surface area contributed by atoms with Crippen molar-refractivity contribution in [2.45, 2.75) is 6.92 Å². The van der Waals surface area contributed by atoms with Gasteiger partial charge >= 0.3 is 5.63 Å². The van der Waals surface area contributed by atoms with E-state index >= 15 is 0 Å². The zero-order chi connectivity index (χ0) is 15.9. The van der Waals surface area contributed by atoms with E-state index in [9.17, 15) is 9.90 Å². The van der Waals surface area contributed by atoms with Crippen molar-refractivity contribution in [1.82, 2.24) is 4.98 Å². The molecule has 0 amide bonds. The Hall–Kier alpha value is -1.44.